The number of hydrogen-bond acceptors (Lipinski definition) is 7. The highest BCUT2D eigenvalue weighted by Crippen LogP contribution is 2.15. The molecule has 0 aliphatic carbocycles. The molecular weight excluding hydrogens is 454 g/mol. The number of nitriles is 1. The lowest BCUT2D eigenvalue weighted by atomic mass is 10.1. The summed E-state index contributed by atoms with van der Waals surface area (Å²) in [4.78, 5) is 14.5. The van der Waals surface area contributed by atoms with Crippen molar-refractivity contribution in [3.8, 4) is 11.8 Å². The molecule has 0 unspecified atom stereocenters. The molecule has 1 saturated heterocycles. The fourth-order valence-corrected chi connectivity index (χ4v) is 5.10. The first-order valence-corrected chi connectivity index (χ1v) is 13.1. The van der Waals surface area contributed by atoms with E-state index >= 15 is 0 Å². The number of amides is 1. The van der Waals surface area contributed by atoms with Gasteiger partial charge in [-0.25, -0.2) is 8.42 Å². The summed E-state index contributed by atoms with van der Waals surface area (Å²) < 4.78 is 36.0. The van der Waals surface area contributed by atoms with Crippen molar-refractivity contribution in [1.82, 2.24) is 10.2 Å². The highest BCUT2D eigenvalue weighted by molar-refractivity contribution is 7.91. The molecule has 0 spiro atoms. The predicted molar refractivity (Wildman–Crippen MR) is 129 cm³/mol. The van der Waals surface area contributed by atoms with E-state index in [-0.39, 0.29) is 12.3 Å². The average Bonchev–Trinajstić information content (AvgIpc) is 2.83. The molecule has 0 aromatic heterocycles. The predicted octanol–water partition coefficient (Wildman–Crippen LogP) is 2.28. The third kappa shape index (κ3) is 8.45. The van der Waals surface area contributed by atoms with E-state index in [1.54, 1.807) is 24.3 Å². The topological polar surface area (TPSA) is 109 Å². The molecule has 1 aliphatic rings. The number of sulfone groups is 1. The molecule has 3 rings (SSSR count). The van der Waals surface area contributed by atoms with Gasteiger partial charge in [-0.2, -0.15) is 5.26 Å². The highest BCUT2D eigenvalue weighted by Gasteiger charge is 2.19. The lowest BCUT2D eigenvalue weighted by molar-refractivity contribution is -0.118. The molecule has 1 fully saturated rings. The quantitative estimate of drug-likeness (QED) is 0.520. The fraction of sp³-hybridized carbons (Fsp3) is 0.440. The van der Waals surface area contributed by atoms with Crippen LogP contribution in [0.15, 0.2) is 48.5 Å². The van der Waals surface area contributed by atoms with Crippen LogP contribution >= 0.6 is 0 Å². The van der Waals surface area contributed by atoms with Crippen LogP contribution in [0.1, 0.15) is 29.5 Å². The van der Waals surface area contributed by atoms with Crippen molar-refractivity contribution in [2.24, 2.45) is 0 Å². The van der Waals surface area contributed by atoms with Gasteiger partial charge in [-0.05, 0) is 55.3 Å². The van der Waals surface area contributed by atoms with Crippen LogP contribution in [0.4, 0.5) is 0 Å². The maximum atomic E-state index is 12.4. The summed E-state index contributed by atoms with van der Waals surface area (Å²) in [5, 5.41) is 11.5. The average molecular weight is 486 g/mol. The SMILES string of the molecule is CN(CCOc1cccc(CNC(=O)CS(=O)(=O)Cc2ccc(C#N)cc2)c1)C1CCOCC1. The van der Waals surface area contributed by atoms with Gasteiger partial charge in [0.05, 0.1) is 17.4 Å². The minimum atomic E-state index is -3.63. The first kappa shape index (κ1) is 25.7. The van der Waals surface area contributed by atoms with Crippen LogP contribution in [-0.2, 0) is 31.7 Å². The zero-order valence-electron chi connectivity index (χ0n) is 19.4. The number of carbonyl (C=O) groups is 1. The Hall–Kier alpha value is -2.93. The summed E-state index contributed by atoms with van der Waals surface area (Å²) >= 11 is 0. The molecular formula is C25H31N3O5S. The Balaban J connectivity index is 1.42. The van der Waals surface area contributed by atoms with Crippen LogP contribution in [-0.4, -0.2) is 64.4 Å². The van der Waals surface area contributed by atoms with Gasteiger partial charge in [0.25, 0.3) is 0 Å². The Morgan fingerprint density at radius 2 is 1.91 bits per heavy atom. The Morgan fingerprint density at radius 3 is 2.62 bits per heavy atom. The Kier molecular flexibility index (Phi) is 9.45. The zero-order chi connectivity index (χ0) is 24.4. The van der Waals surface area contributed by atoms with Crippen molar-refractivity contribution in [3.05, 3.63) is 65.2 Å². The van der Waals surface area contributed by atoms with Gasteiger partial charge >= 0.3 is 0 Å². The second-order valence-electron chi connectivity index (χ2n) is 8.44. The molecule has 34 heavy (non-hydrogen) atoms. The van der Waals surface area contributed by atoms with Gasteiger partial charge in [-0.3, -0.25) is 9.69 Å². The van der Waals surface area contributed by atoms with Gasteiger partial charge in [0, 0.05) is 32.3 Å². The van der Waals surface area contributed by atoms with Crippen LogP contribution in [0.25, 0.3) is 0 Å². The van der Waals surface area contributed by atoms with Gasteiger partial charge in [0.1, 0.15) is 18.1 Å². The molecule has 9 heteroatoms. The number of benzene rings is 2. The largest absolute Gasteiger partial charge is 0.492 e. The van der Waals surface area contributed by atoms with Crippen molar-refractivity contribution in [2.45, 2.75) is 31.2 Å². The van der Waals surface area contributed by atoms with Gasteiger partial charge < -0.3 is 14.8 Å². The summed E-state index contributed by atoms with van der Waals surface area (Å²) in [5.74, 6) is -0.696. The Morgan fingerprint density at radius 1 is 1.18 bits per heavy atom. The van der Waals surface area contributed by atoms with Crippen LogP contribution in [0, 0.1) is 11.3 Å². The van der Waals surface area contributed by atoms with Crippen LogP contribution in [0.5, 0.6) is 5.75 Å². The third-order valence-electron chi connectivity index (χ3n) is 5.74. The number of hydrogen-bond donors (Lipinski definition) is 1. The molecule has 2 aromatic carbocycles. The summed E-state index contributed by atoms with van der Waals surface area (Å²) in [5.41, 5.74) is 1.82. The van der Waals surface area contributed by atoms with Gasteiger partial charge in [-0.15, -0.1) is 0 Å². The first-order valence-electron chi connectivity index (χ1n) is 11.3. The van der Waals surface area contributed by atoms with Gasteiger partial charge in [-0.1, -0.05) is 24.3 Å². The second kappa shape index (κ2) is 12.5. The minimum Gasteiger partial charge on any atom is -0.492 e. The smallest absolute Gasteiger partial charge is 0.235 e. The number of carbonyl (C=O) groups excluding carboxylic acids is 1. The molecule has 0 saturated carbocycles. The monoisotopic (exact) mass is 485 g/mol. The molecule has 1 aliphatic heterocycles. The lowest BCUT2D eigenvalue weighted by Gasteiger charge is -2.31. The van der Waals surface area contributed by atoms with E-state index in [9.17, 15) is 13.2 Å². The maximum absolute atomic E-state index is 12.4. The molecule has 1 amide bonds. The molecule has 8 nitrogen and oxygen atoms in total. The van der Waals surface area contributed by atoms with Crippen molar-refractivity contribution >= 4 is 15.7 Å². The summed E-state index contributed by atoms with van der Waals surface area (Å²) in [7, 11) is -1.53. The van der Waals surface area contributed by atoms with Crippen molar-refractivity contribution < 1.29 is 22.7 Å². The highest BCUT2D eigenvalue weighted by atomic mass is 32.2. The molecule has 1 heterocycles. The zero-order valence-corrected chi connectivity index (χ0v) is 20.2. The van der Waals surface area contributed by atoms with Gasteiger partial charge in [0.2, 0.25) is 5.91 Å². The van der Waals surface area contributed by atoms with Crippen molar-refractivity contribution in [2.75, 3.05) is 39.2 Å². The number of likely N-dealkylation sites (N-methyl/N-ethyl adjacent to an activating group) is 1. The van der Waals surface area contributed by atoms with E-state index in [4.69, 9.17) is 14.7 Å². The van der Waals surface area contributed by atoms with E-state index in [2.05, 4.69) is 17.3 Å². The third-order valence-corrected chi connectivity index (χ3v) is 7.21. The number of rotatable bonds is 11. The van der Waals surface area contributed by atoms with E-state index in [0.29, 0.717) is 29.5 Å². The van der Waals surface area contributed by atoms with E-state index in [1.165, 1.54) is 0 Å². The van der Waals surface area contributed by atoms with E-state index in [0.717, 1.165) is 38.2 Å². The van der Waals surface area contributed by atoms with Gasteiger partial charge in [0.15, 0.2) is 9.84 Å². The van der Waals surface area contributed by atoms with Crippen LogP contribution in [0.2, 0.25) is 0 Å². The summed E-state index contributed by atoms with van der Waals surface area (Å²) in [6.45, 7) is 3.19. The molecule has 182 valence electrons. The molecule has 2 aromatic rings. The molecule has 1 N–H and O–H groups in total. The normalized spacial score (nSPS) is 14.5. The Bertz CT molecular complexity index is 1090. The standard InChI is InChI=1S/C25H31N3O5S/c1-28(23-9-12-32-13-10-23)11-14-33-24-4-2-3-22(15-24)17-27-25(29)19-34(30,31)18-21-7-5-20(16-26)6-8-21/h2-8,15,23H,9-14,17-19H2,1H3,(H,27,29). The lowest BCUT2D eigenvalue weighted by Crippen LogP contribution is -2.38. The second-order valence-corrected chi connectivity index (χ2v) is 10.5. The van der Waals surface area contributed by atoms with Crippen LogP contribution < -0.4 is 10.1 Å². The van der Waals surface area contributed by atoms with Crippen LogP contribution in [0.3, 0.4) is 0 Å². The Labute approximate surface area is 201 Å². The molecule has 0 radical (unpaired) electrons. The minimum absolute atomic E-state index is 0.213. The molecule has 0 bridgehead atoms. The first-order chi connectivity index (χ1) is 16.3. The van der Waals surface area contributed by atoms with Crippen molar-refractivity contribution in [3.63, 3.8) is 0 Å². The number of nitrogens with zero attached hydrogens (tertiary/aromatic N) is 2. The van der Waals surface area contributed by atoms with Crippen molar-refractivity contribution in [1.29, 1.82) is 5.26 Å². The number of ether oxygens (including phenoxy) is 2. The maximum Gasteiger partial charge on any atom is 0.235 e. The van der Waals surface area contributed by atoms with E-state index in [1.807, 2.05) is 30.3 Å². The summed E-state index contributed by atoms with van der Waals surface area (Å²) in [6, 6.07) is 16.2. The number of nitrogens with one attached hydrogen (secondary N) is 1. The molecule has 0 atom stereocenters. The summed E-state index contributed by atoms with van der Waals surface area (Å²) in [6.07, 6.45) is 2.07. The van der Waals surface area contributed by atoms with E-state index < -0.39 is 21.5 Å². The fourth-order valence-electron chi connectivity index (χ4n) is 3.79.